The third-order valence-corrected chi connectivity index (χ3v) is 15.1. The van der Waals surface area contributed by atoms with Gasteiger partial charge in [0.2, 0.25) is 0 Å². The molecule has 0 fully saturated rings. The van der Waals surface area contributed by atoms with E-state index in [1.807, 2.05) is 66.7 Å². The van der Waals surface area contributed by atoms with Crippen LogP contribution in [0, 0.1) is 17.9 Å². The number of hydrogen-bond donors (Lipinski definition) is 0. The van der Waals surface area contributed by atoms with Crippen molar-refractivity contribution in [2.75, 3.05) is 0 Å². The quantitative estimate of drug-likeness (QED) is 0.156. The van der Waals surface area contributed by atoms with Crippen LogP contribution < -0.4 is 0 Å². The molecule has 0 radical (unpaired) electrons. The molecule has 374 valence electrons. The minimum Gasteiger partial charge on any atom is -0.311 e. The summed E-state index contributed by atoms with van der Waals surface area (Å²) in [5.41, 5.74) is 16.2. The maximum Gasteiger partial charge on any atom is 0.200 e. The van der Waals surface area contributed by atoms with Crippen molar-refractivity contribution < 1.29 is 0 Å². The Morgan fingerprint density at radius 2 is 0.789 bits per heavy atom. The Balaban J connectivity index is 1.12. The summed E-state index contributed by atoms with van der Waals surface area (Å²) < 4.78 is 4.65. The van der Waals surface area contributed by atoms with Gasteiger partial charge in [-0.25, -0.2) is 19.8 Å². The number of aromatic nitrogens is 5. The molecule has 0 saturated heterocycles. The lowest BCUT2D eigenvalue weighted by molar-refractivity contribution is 0.590. The van der Waals surface area contributed by atoms with E-state index in [1.165, 1.54) is 43.8 Å². The molecule has 0 saturated carbocycles. The Hall–Kier alpha value is -8.65. The molecule has 0 aliphatic rings. The van der Waals surface area contributed by atoms with Crippen LogP contribution in [0.25, 0.3) is 105 Å². The first-order valence-electron chi connectivity index (χ1n) is 26.3. The predicted molar refractivity (Wildman–Crippen MR) is 316 cm³/mol. The molecule has 76 heavy (non-hydrogen) atoms. The first-order chi connectivity index (χ1) is 36.1. The lowest BCUT2D eigenvalue weighted by Crippen LogP contribution is -2.10. The second-order valence-electron chi connectivity index (χ2n) is 24.5. The van der Waals surface area contributed by atoms with E-state index >= 15 is 0 Å². The van der Waals surface area contributed by atoms with Gasteiger partial charge >= 0.3 is 0 Å². The Morgan fingerprint density at radius 1 is 0.395 bits per heavy atom. The van der Waals surface area contributed by atoms with Crippen LogP contribution >= 0.6 is 0 Å². The zero-order valence-electron chi connectivity index (χ0n) is 45.7. The Kier molecular flexibility index (Phi) is 11.8. The van der Waals surface area contributed by atoms with Gasteiger partial charge in [-0.1, -0.05) is 156 Å². The molecule has 11 aromatic rings. The van der Waals surface area contributed by atoms with Crippen LogP contribution in [0.15, 0.2) is 164 Å². The van der Waals surface area contributed by atoms with Gasteiger partial charge in [0.1, 0.15) is 0 Å². The van der Waals surface area contributed by atoms with Crippen molar-refractivity contribution >= 4 is 49.3 Å². The molecule has 0 N–H and O–H groups in total. The molecule has 0 aliphatic carbocycles. The minimum absolute atomic E-state index is 0.0319. The van der Waals surface area contributed by atoms with E-state index in [2.05, 4.69) is 200 Å². The van der Waals surface area contributed by atoms with E-state index in [9.17, 15) is 5.26 Å². The van der Waals surface area contributed by atoms with Crippen molar-refractivity contribution in [1.29, 1.82) is 5.26 Å². The lowest BCUT2D eigenvalue weighted by Gasteiger charge is -2.19. The maximum atomic E-state index is 9.90. The van der Waals surface area contributed by atoms with Crippen LogP contribution in [0.1, 0.15) is 111 Å². The highest BCUT2D eigenvalue weighted by Crippen LogP contribution is 2.43. The molecular formula is C69H63N7. The van der Waals surface area contributed by atoms with Crippen molar-refractivity contribution in [1.82, 2.24) is 24.1 Å². The second kappa shape index (κ2) is 18.0. The standard InChI is InChI=1S/C69H63N7/c1-66(2,3)45-23-31-59-54(35-45)55-36-46(67(4,5)6)24-32-60(55)75(59)49-27-29-51(53(39-49)43-21-19-42(41-70)20-22-43)64-72-63(44-17-15-14-16-18-44)73-65(74-64)52-30-28-50(40-58(52)71-13)76-61-33-25-47(68(7,8)9)37-56(61)57-38-48(69(10,11)12)26-34-62(57)76/h14-40H,1-12H3. The van der Waals surface area contributed by atoms with Gasteiger partial charge in [-0.15, -0.1) is 0 Å². The normalized spacial score (nSPS) is 12.4. The molecule has 8 aromatic carbocycles. The minimum atomic E-state index is -0.0336. The Labute approximate surface area is 447 Å². The summed E-state index contributed by atoms with van der Waals surface area (Å²) in [4.78, 5) is 19.9. The highest BCUT2D eigenvalue weighted by Gasteiger charge is 2.25. The van der Waals surface area contributed by atoms with Crippen LogP contribution in [0.5, 0.6) is 0 Å². The molecule has 0 amide bonds. The maximum absolute atomic E-state index is 9.90. The highest BCUT2D eigenvalue weighted by atomic mass is 15.0. The molecule has 3 heterocycles. The smallest absolute Gasteiger partial charge is 0.200 e. The van der Waals surface area contributed by atoms with Crippen molar-refractivity contribution in [3.63, 3.8) is 0 Å². The van der Waals surface area contributed by atoms with Gasteiger partial charge in [0.25, 0.3) is 0 Å². The van der Waals surface area contributed by atoms with Crippen molar-refractivity contribution in [3.8, 4) is 62.7 Å². The Morgan fingerprint density at radius 3 is 1.20 bits per heavy atom. The number of benzene rings is 8. The molecule has 7 nitrogen and oxygen atoms in total. The van der Waals surface area contributed by atoms with Crippen LogP contribution in [0.4, 0.5) is 5.69 Å². The third kappa shape index (κ3) is 8.80. The van der Waals surface area contributed by atoms with Crippen LogP contribution in [-0.4, -0.2) is 24.1 Å². The summed E-state index contributed by atoms with van der Waals surface area (Å²) in [5.74, 6) is 1.36. The topological polar surface area (TPSA) is 76.7 Å². The number of nitriles is 1. The summed E-state index contributed by atoms with van der Waals surface area (Å²) >= 11 is 0. The number of nitrogens with zero attached hydrogens (tertiary/aromatic N) is 7. The highest BCUT2D eigenvalue weighted by molar-refractivity contribution is 6.11. The van der Waals surface area contributed by atoms with E-state index in [0.29, 0.717) is 34.3 Å². The summed E-state index contributed by atoms with van der Waals surface area (Å²) in [6, 6.07) is 59.9. The van der Waals surface area contributed by atoms with E-state index in [1.54, 1.807) is 0 Å². The van der Waals surface area contributed by atoms with Crippen LogP contribution in [0.3, 0.4) is 0 Å². The van der Waals surface area contributed by atoms with Crippen molar-refractivity contribution in [2.24, 2.45) is 0 Å². The van der Waals surface area contributed by atoms with Crippen molar-refractivity contribution in [2.45, 2.75) is 105 Å². The number of fused-ring (bicyclic) bond motifs is 6. The van der Waals surface area contributed by atoms with Gasteiger partial charge < -0.3 is 9.13 Å². The van der Waals surface area contributed by atoms with E-state index in [4.69, 9.17) is 21.5 Å². The van der Waals surface area contributed by atoms with Crippen LogP contribution in [0.2, 0.25) is 0 Å². The summed E-state index contributed by atoms with van der Waals surface area (Å²) in [7, 11) is 0. The fraction of sp³-hybridized carbons (Fsp3) is 0.232. The SMILES string of the molecule is [C-]#[N+]c1cc(-n2c3ccc(C(C)(C)C)cc3c3cc(C(C)(C)C)ccc32)ccc1-c1nc(-c2ccccc2)nc(-c2ccc(-n3c4ccc(C(C)(C)C)cc4c4cc(C(C)(C)C)ccc43)cc2-c2ccc(C#N)cc2)n1. The summed E-state index contributed by atoms with van der Waals surface area (Å²) in [6.07, 6.45) is 0. The molecular weight excluding hydrogens is 927 g/mol. The molecule has 0 bridgehead atoms. The average Bonchev–Trinajstić information content (AvgIpc) is 4.02. The zero-order valence-corrected chi connectivity index (χ0v) is 45.7. The molecule has 0 atom stereocenters. The van der Waals surface area contributed by atoms with Gasteiger partial charge in [-0.3, -0.25) is 0 Å². The Bertz CT molecular complexity index is 4060. The zero-order chi connectivity index (χ0) is 53.6. The predicted octanol–water partition coefficient (Wildman–Crippen LogP) is 18.3. The van der Waals surface area contributed by atoms with Crippen LogP contribution in [-0.2, 0) is 21.7 Å². The molecule has 7 heteroatoms. The van der Waals surface area contributed by atoms with E-state index < -0.39 is 0 Å². The molecule has 3 aromatic heterocycles. The first kappa shape index (κ1) is 49.6. The largest absolute Gasteiger partial charge is 0.311 e. The van der Waals surface area contributed by atoms with Gasteiger partial charge in [0.15, 0.2) is 23.2 Å². The van der Waals surface area contributed by atoms with Gasteiger partial charge in [-0.2, -0.15) is 5.26 Å². The molecule has 0 unspecified atom stereocenters. The molecule has 0 aliphatic heterocycles. The number of hydrogen-bond acceptors (Lipinski definition) is 4. The molecule has 11 rings (SSSR count). The lowest BCUT2D eigenvalue weighted by atomic mass is 9.85. The van der Waals surface area contributed by atoms with E-state index in [0.717, 1.165) is 55.7 Å². The fourth-order valence-electron chi connectivity index (χ4n) is 10.6. The monoisotopic (exact) mass is 990 g/mol. The summed E-state index contributed by atoms with van der Waals surface area (Å²) in [6.45, 7) is 35.8. The van der Waals surface area contributed by atoms with Gasteiger partial charge in [0, 0.05) is 49.6 Å². The fourth-order valence-corrected chi connectivity index (χ4v) is 10.6. The second-order valence-corrected chi connectivity index (χ2v) is 24.5. The third-order valence-electron chi connectivity index (χ3n) is 15.1. The van der Waals surface area contributed by atoms with Gasteiger partial charge in [0.05, 0.1) is 40.3 Å². The van der Waals surface area contributed by atoms with E-state index in [-0.39, 0.29) is 21.7 Å². The molecule has 0 spiro atoms. The first-order valence-corrected chi connectivity index (χ1v) is 26.3. The van der Waals surface area contributed by atoms with Crippen molar-refractivity contribution in [3.05, 3.63) is 203 Å². The summed E-state index contributed by atoms with van der Waals surface area (Å²) in [5, 5.41) is 14.7. The average molecular weight is 990 g/mol. The number of rotatable bonds is 6. The van der Waals surface area contributed by atoms with Gasteiger partial charge in [-0.05, 0) is 146 Å².